The molecular weight excluding hydrogens is 539 g/mol. The number of carboxylic acid groups (broad SMARTS) is 1. The standard InChI is InChI=1S/C31H33FN6O4/c1-16-9-18(30-35-37-38(36-30)15-31(3,4)41)10-17(2)28(16)20-5-7-23(32)29-21(20)6-8-24(29)34-26-12-25-22(13-33-26)19(14-42-25)11-27(39)40/h5,7,9-10,12-13,19,24,41H,6,8,11,14-15H2,1-4H3,(H,33,34)(H,39,40)/t19-,24-/m1/s1. The van der Waals surface area contributed by atoms with Crippen molar-refractivity contribution >= 4 is 11.8 Å². The molecule has 0 fully saturated rings. The number of hydrogen-bond acceptors (Lipinski definition) is 8. The molecule has 6 rings (SSSR count). The molecule has 218 valence electrons. The van der Waals surface area contributed by atoms with Crippen LogP contribution < -0.4 is 10.1 Å². The molecule has 11 heteroatoms. The highest BCUT2D eigenvalue weighted by atomic mass is 19.1. The quantitative estimate of drug-likeness (QED) is 0.267. The number of halogens is 1. The first-order valence-corrected chi connectivity index (χ1v) is 14.0. The Morgan fingerprint density at radius 1 is 1.21 bits per heavy atom. The van der Waals surface area contributed by atoms with Crippen molar-refractivity contribution in [2.75, 3.05) is 11.9 Å². The average Bonchev–Trinajstić information content (AvgIpc) is 3.63. The third-order valence-electron chi connectivity index (χ3n) is 7.89. The largest absolute Gasteiger partial charge is 0.492 e. The minimum atomic E-state index is -0.960. The molecule has 2 atom stereocenters. The molecule has 0 amide bonds. The van der Waals surface area contributed by atoms with Crippen LogP contribution in [0.15, 0.2) is 36.5 Å². The summed E-state index contributed by atoms with van der Waals surface area (Å²) in [5.74, 6) is 0.299. The molecule has 10 nitrogen and oxygen atoms in total. The minimum Gasteiger partial charge on any atom is -0.492 e. The van der Waals surface area contributed by atoms with Crippen molar-refractivity contribution in [2.24, 2.45) is 0 Å². The van der Waals surface area contributed by atoms with Crippen molar-refractivity contribution < 1.29 is 24.1 Å². The molecule has 1 aliphatic heterocycles. The van der Waals surface area contributed by atoms with Crippen LogP contribution in [-0.4, -0.2) is 53.6 Å². The second kappa shape index (κ2) is 10.5. The smallest absolute Gasteiger partial charge is 0.304 e. The fourth-order valence-corrected chi connectivity index (χ4v) is 6.18. The van der Waals surface area contributed by atoms with Gasteiger partial charge in [-0.05, 0) is 91.8 Å². The van der Waals surface area contributed by atoms with E-state index < -0.39 is 11.6 Å². The molecule has 0 saturated heterocycles. The van der Waals surface area contributed by atoms with Gasteiger partial charge in [0.1, 0.15) is 17.4 Å². The Bertz CT molecular complexity index is 1670. The maximum absolute atomic E-state index is 15.4. The summed E-state index contributed by atoms with van der Waals surface area (Å²) in [5, 5.41) is 35.3. The molecule has 42 heavy (non-hydrogen) atoms. The Labute approximate surface area is 242 Å². The molecule has 1 aliphatic carbocycles. The van der Waals surface area contributed by atoms with E-state index in [-0.39, 0.29) is 30.7 Å². The van der Waals surface area contributed by atoms with E-state index in [1.165, 1.54) is 10.9 Å². The van der Waals surface area contributed by atoms with Crippen LogP contribution >= 0.6 is 0 Å². The van der Waals surface area contributed by atoms with Crippen LogP contribution in [0.4, 0.5) is 10.2 Å². The molecule has 2 aromatic carbocycles. The Balaban J connectivity index is 1.28. The number of nitrogens with one attached hydrogen (secondary N) is 1. The van der Waals surface area contributed by atoms with Gasteiger partial charge in [0.05, 0.1) is 31.2 Å². The van der Waals surface area contributed by atoms with Crippen molar-refractivity contribution in [1.29, 1.82) is 0 Å². The van der Waals surface area contributed by atoms with Crippen LogP contribution in [0.25, 0.3) is 22.5 Å². The molecule has 2 aromatic heterocycles. The summed E-state index contributed by atoms with van der Waals surface area (Å²) >= 11 is 0. The minimum absolute atomic E-state index is 0.00995. The van der Waals surface area contributed by atoms with E-state index in [1.54, 1.807) is 26.1 Å². The van der Waals surface area contributed by atoms with Gasteiger partial charge in [0, 0.05) is 34.9 Å². The van der Waals surface area contributed by atoms with Crippen LogP contribution in [0.1, 0.15) is 66.5 Å². The maximum atomic E-state index is 15.4. The number of benzene rings is 2. The number of aliphatic carboxylic acids is 1. The van der Waals surface area contributed by atoms with Gasteiger partial charge in [-0.2, -0.15) is 4.80 Å². The Morgan fingerprint density at radius 3 is 2.69 bits per heavy atom. The van der Waals surface area contributed by atoms with Gasteiger partial charge in [-0.1, -0.05) is 6.07 Å². The van der Waals surface area contributed by atoms with Crippen molar-refractivity contribution in [3.05, 3.63) is 70.2 Å². The van der Waals surface area contributed by atoms with Gasteiger partial charge in [0.15, 0.2) is 0 Å². The first kappa shape index (κ1) is 27.8. The topological polar surface area (TPSA) is 135 Å². The van der Waals surface area contributed by atoms with Crippen LogP contribution in [0, 0.1) is 19.7 Å². The number of fused-ring (bicyclic) bond motifs is 2. The fourth-order valence-electron chi connectivity index (χ4n) is 6.18. The van der Waals surface area contributed by atoms with E-state index in [0.29, 0.717) is 42.4 Å². The summed E-state index contributed by atoms with van der Waals surface area (Å²) in [4.78, 5) is 17.1. The van der Waals surface area contributed by atoms with Gasteiger partial charge < -0.3 is 20.3 Å². The summed E-state index contributed by atoms with van der Waals surface area (Å²) in [6, 6.07) is 8.92. The number of aliphatic hydroxyl groups is 1. The van der Waals surface area contributed by atoms with E-state index in [9.17, 15) is 9.90 Å². The summed E-state index contributed by atoms with van der Waals surface area (Å²) in [6.45, 7) is 7.97. The van der Waals surface area contributed by atoms with Crippen molar-refractivity contribution in [3.63, 3.8) is 0 Å². The van der Waals surface area contributed by atoms with Crippen molar-refractivity contribution in [2.45, 2.75) is 71.1 Å². The zero-order valence-electron chi connectivity index (χ0n) is 24.0. The molecule has 0 unspecified atom stereocenters. The molecular formula is C31H33FN6O4. The number of hydrogen-bond donors (Lipinski definition) is 3. The second-order valence-corrected chi connectivity index (χ2v) is 11.9. The zero-order valence-corrected chi connectivity index (χ0v) is 24.0. The summed E-state index contributed by atoms with van der Waals surface area (Å²) in [5.41, 5.74) is 6.34. The lowest BCUT2D eigenvalue weighted by molar-refractivity contribution is -0.137. The number of nitrogens with zero attached hydrogens (tertiary/aromatic N) is 5. The van der Waals surface area contributed by atoms with Crippen LogP contribution in [0.2, 0.25) is 0 Å². The van der Waals surface area contributed by atoms with E-state index >= 15 is 4.39 Å². The van der Waals surface area contributed by atoms with E-state index in [0.717, 1.165) is 38.9 Å². The summed E-state index contributed by atoms with van der Waals surface area (Å²) in [7, 11) is 0. The molecule has 0 saturated carbocycles. The lowest BCUT2D eigenvalue weighted by Crippen LogP contribution is -2.27. The predicted molar refractivity (Wildman–Crippen MR) is 154 cm³/mol. The van der Waals surface area contributed by atoms with E-state index in [2.05, 4.69) is 25.7 Å². The Morgan fingerprint density at radius 2 is 1.98 bits per heavy atom. The number of anilines is 1. The highest BCUT2D eigenvalue weighted by molar-refractivity contribution is 5.79. The Kier molecular flexibility index (Phi) is 6.92. The summed E-state index contributed by atoms with van der Waals surface area (Å²) < 4.78 is 21.1. The van der Waals surface area contributed by atoms with E-state index in [1.807, 2.05) is 32.0 Å². The number of aromatic nitrogens is 5. The van der Waals surface area contributed by atoms with Gasteiger partial charge >= 0.3 is 5.97 Å². The highest BCUT2D eigenvalue weighted by Crippen LogP contribution is 2.44. The highest BCUT2D eigenvalue weighted by Gasteiger charge is 2.31. The van der Waals surface area contributed by atoms with Gasteiger partial charge in [-0.25, -0.2) is 9.37 Å². The monoisotopic (exact) mass is 572 g/mol. The number of rotatable bonds is 8. The first-order valence-electron chi connectivity index (χ1n) is 14.0. The number of ether oxygens (including phenoxy) is 1. The van der Waals surface area contributed by atoms with Crippen LogP contribution in [-0.2, 0) is 17.8 Å². The normalized spacial score (nSPS) is 17.6. The molecule has 4 aromatic rings. The average molecular weight is 573 g/mol. The number of carboxylic acids is 1. The third kappa shape index (κ3) is 5.32. The number of carbonyl (C=O) groups is 1. The lowest BCUT2D eigenvalue weighted by atomic mass is 9.89. The fraction of sp³-hybridized carbons (Fsp3) is 0.387. The van der Waals surface area contributed by atoms with Crippen molar-refractivity contribution in [3.8, 4) is 28.3 Å². The third-order valence-corrected chi connectivity index (χ3v) is 7.89. The lowest BCUT2D eigenvalue weighted by Gasteiger charge is -2.19. The van der Waals surface area contributed by atoms with Crippen LogP contribution in [0.3, 0.4) is 0 Å². The Hall–Kier alpha value is -4.38. The predicted octanol–water partition coefficient (Wildman–Crippen LogP) is 4.98. The van der Waals surface area contributed by atoms with Gasteiger partial charge in [0.25, 0.3) is 0 Å². The maximum Gasteiger partial charge on any atom is 0.304 e. The van der Waals surface area contributed by atoms with Crippen LogP contribution in [0.5, 0.6) is 5.75 Å². The van der Waals surface area contributed by atoms with Crippen molar-refractivity contribution in [1.82, 2.24) is 25.2 Å². The molecule has 0 radical (unpaired) electrons. The van der Waals surface area contributed by atoms with Gasteiger partial charge in [-0.3, -0.25) is 4.79 Å². The number of aryl methyl sites for hydroxylation is 2. The molecule has 3 N–H and O–H groups in total. The number of pyridine rings is 1. The first-order chi connectivity index (χ1) is 20.0. The molecule has 3 heterocycles. The summed E-state index contributed by atoms with van der Waals surface area (Å²) in [6.07, 6.45) is 3.06. The molecule has 0 spiro atoms. The SMILES string of the molecule is Cc1cc(-c2nnn(CC(C)(C)O)n2)cc(C)c1-c1ccc(F)c2c1CC[C@H]2Nc1cc2c(cn1)[C@H](CC(=O)O)CO2. The van der Waals surface area contributed by atoms with E-state index in [4.69, 9.17) is 9.84 Å². The van der Waals surface area contributed by atoms with Gasteiger partial charge in [-0.15, -0.1) is 10.2 Å². The molecule has 0 bridgehead atoms. The second-order valence-electron chi connectivity index (χ2n) is 11.9. The van der Waals surface area contributed by atoms with Gasteiger partial charge in [0.2, 0.25) is 5.82 Å². The zero-order chi connectivity index (χ0) is 29.8. The molecule has 2 aliphatic rings. The number of tetrazole rings is 1.